The molecule has 34 heavy (non-hydrogen) atoms. The van der Waals surface area contributed by atoms with E-state index in [-0.39, 0.29) is 6.10 Å². The number of aliphatic hydroxyl groups is 1. The Morgan fingerprint density at radius 3 is 1.85 bits per heavy atom. The Morgan fingerprint density at radius 1 is 1.00 bits per heavy atom. The number of thiophene rings is 2. The Bertz CT molecular complexity index is 1010. The highest BCUT2D eigenvalue weighted by Crippen LogP contribution is 2.52. The van der Waals surface area contributed by atoms with Crippen molar-refractivity contribution < 1.29 is 43.7 Å². The summed E-state index contributed by atoms with van der Waals surface area (Å²) < 4.78 is 12.6. The van der Waals surface area contributed by atoms with E-state index in [1.807, 2.05) is 22.9 Å². The molecule has 5 atom stereocenters. The van der Waals surface area contributed by atoms with Crippen LogP contribution < -0.4 is 0 Å². The minimum Gasteiger partial charge on any atom is -0.478 e. The van der Waals surface area contributed by atoms with Gasteiger partial charge in [-0.15, -0.1) is 22.7 Å². The summed E-state index contributed by atoms with van der Waals surface area (Å²) in [4.78, 5) is 33.4. The molecular weight excluding hydrogens is 482 g/mol. The zero-order valence-corrected chi connectivity index (χ0v) is 20.2. The molecule has 3 aliphatic heterocycles. The van der Waals surface area contributed by atoms with Gasteiger partial charge in [0.25, 0.3) is 0 Å². The molecule has 0 radical (unpaired) electrons. The zero-order chi connectivity index (χ0) is 24.7. The minimum absolute atomic E-state index is 0.161. The summed E-state index contributed by atoms with van der Waals surface area (Å²) in [5.41, 5.74) is -1.72. The van der Waals surface area contributed by atoms with Gasteiger partial charge >= 0.3 is 17.9 Å². The molecule has 0 amide bonds. The second kappa shape index (κ2) is 9.23. The third kappa shape index (κ3) is 4.53. The van der Waals surface area contributed by atoms with E-state index in [9.17, 15) is 19.5 Å². The third-order valence-corrected chi connectivity index (χ3v) is 8.69. The number of carbonyl (C=O) groups excluding carboxylic acids is 1. The molecule has 2 bridgehead atoms. The fraction of sp³-hybridized carbons (Fsp3) is 0.435. The number of aliphatic carboxylic acids is 2. The van der Waals surface area contributed by atoms with Gasteiger partial charge in [0.1, 0.15) is 30.4 Å². The molecule has 3 fully saturated rings. The van der Waals surface area contributed by atoms with Gasteiger partial charge in [-0.25, -0.2) is 14.4 Å². The first kappa shape index (κ1) is 24.6. The summed E-state index contributed by atoms with van der Waals surface area (Å²) >= 11 is 2.74. The van der Waals surface area contributed by atoms with Gasteiger partial charge in [-0.3, -0.25) is 0 Å². The topological polar surface area (TPSA) is 134 Å². The van der Waals surface area contributed by atoms with E-state index >= 15 is 0 Å². The molecule has 5 heterocycles. The Labute approximate surface area is 204 Å². The zero-order valence-electron chi connectivity index (χ0n) is 18.6. The second-order valence-corrected chi connectivity index (χ2v) is 10.9. The average Bonchev–Trinajstić information content (AvgIpc) is 3.11. The van der Waals surface area contributed by atoms with Crippen LogP contribution in [0.15, 0.2) is 47.2 Å². The van der Waals surface area contributed by atoms with Gasteiger partial charge in [0, 0.05) is 25.0 Å². The fourth-order valence-corrected chi connectivity index (χ4v) is 6.69. The first-order valence-corrected chi connectivity index (χ1v) is 12.4. The standard InChI is InChI=1S/C19H22NO4S2.C4H4O4/c1-20(2)12-9-11(10-13(20)17-16(12)24-17)23-18(21)19(22,14-5-3-7-25-14)15-6-4-8-26-15;5-3(6)1-2-4(7)8/h3-8,11-13,16-17,22H,9-10H2,1-2H3;1-2H,(H,5,6)(H,7,8)/q+1;/b;2-1-/t11?,12-,13-,16-,17+;/m0./s1. The van der Waals surface area contributed by atoms with Gasteiger partial charge < -0.3 is 29.3 Å². The molecular formula is C23H26NO8S2+. The highest BCUT2D eigenvalue weighted by molar-refractivity contribution is 7.12. The largest absolute Gasteiger partial charge is 0.478 e. The van der Waals surface area contributed by atoms with E-state index < -0.39 is 23.5 Å². The summed E-state index contributed by atoms with van der Waals surface area (Å²) in [6.45, 7) is 0. The molecule has 2 aromatic rings. The normalized spacial score (nSPS) is 28.5. The second-order valence-electron chi connectivity index (χ2n) is 9.00. The van der Waals surface area contributed by atoms with Crippen molar-refractivity contribution in [2.24, 2.45) is 0 Å². The van der Waals surface area contributed by atoms with E-state index in [1.165, 1.54) is 22.7 Å². The van der Waals surface area contributed by atoms with Crippen molar-refractivity contribution in [1.82, 2.24) is 0 Å². The predicted molar refractivity (Wildman–Crippen MR) is 124 cm³/mol. The number of piperidine rings is 1. The van der Waals surface area contributed by atoms with Crippen molar-refractivity contribution in [1.29, 1.82) is 0 Å². The number of carboxylic acids is 2. The third-order valence-electron chi connectivity index (χ3n) is 6.73. The number of likely N-dealkylation sites (N-methyl/N-ethyl adjacent to an activating group) is 1. The van der Waals surface area contributed by atoms with Crippen molar-refractivity contribution in [2.45, 2.75) is 48.8 Å². The maximum Gasteiger partial charge on any atom is 0.349 e. The van der Waals surface area contributed by atoms with Crippen LogP contribution in [0.1, 0.15) is 22.6 Å². The summed E-state index contributed by atoms with van der Waals surface area (Å²) in [5.74, 6) is -3.08. The number of hydrogen-bond donors (Lipinski definition) is 3. The van der Waals surface area contributed by atoms with Crippen molar-refractivity contribution in [2.75, 3.05) is 14.1 Å². The molecule has 3 saturated heterocycles. The lowest BCUT2D eigenvalue weighted by Gasteiger charge is -2.45. The first-order valence-electron chi connectivity index (χ1n) is 10.7. The molecule has 0 spiro atoms. The molecule has 0 aliphatic carbocycles. The number of quaternary nitrogens is 1. The van der Waals surface area contributed by atoms with E-state index in [0.29, 0.717) is 46.2 Å². The maximum atomic E-state index is 13.1. The smallest absolute Gasteiger partial charge is 0.349 e. The fourth-order valence-electron chi connectivity index (χ4n) is 4.97. The van der Waals surface area contributed by atoms with Crippen LogP contribution >= 0.6 is 22.7 Å². The molecule has 5 rings (SSSR count). The lowest BCUT2D eigenvalue weighted by Crippen LogP contribution is -2.60. The molecule has 1 unspecified atom stereocenters. The van der Waals surface area contributed by atoms with Crippen molar-refractivity contribution in [3.05, 3.63) is 56.9 Å². The number of nitrogens with zero attached hydrogens (tertiary/aromatic N) is 1. The monoisotopic (exact) mass is 508 g/mol. The van der Waals surface area contributed by atoms with E-state index in [2.05, 4.69) is 14.1 Å². The lowest BCUT2D eigenvalue weighted by molar-refractivity contribution is -0.938. The quantitative estimate of drug-likeness (QED) is 0.234. The summed E-state index contributed by atoms with van der Waals surface area (Å²) in [7, 11) is 4.49. The minimum atomic E-state index is -1.72. The van der Waals surface area contributed by atoms with E-state index in [0.717, 1.165) is 17.3 Å². The van der Waals surface area contributed by atoms with Crippen LogP contribution in [0.2, 0.25) is 0 Å². The average molecular weight is 509 g/mol. The number of ether oxygens (including phenoxy) is 2. The van der Waals surface area contributed by atoms with Crippen LogP contribution in [-0.2, 0) is 29.5 Å². The van der Waals surface area contributed by atoms with Gasteiger partial charge in [0.15, 0.2) is 0 Å². The number of rotatable bonds is 6. The highest BCUT2D eigenvalue weighted by Gasteiger charge is 2.71. The molecule has 2 aromatic heterocycles. The van der Waals surface area contributed by atoms with Crippen LogP contribution in [0.5, 0.6) is 0 Å². The van der Waals surface area contributed by atoms with E-state index in [4.69, 9.17) is 19.7 Å². The number of carbonyl (C=O) groups is 3. The van der Waals surface area contributed by atoms with Gasteiger partial charge in [0.05, 0.1) is 23.8 Å². The van der Waals surface area contributed by atoms with Crippen LogP contribution in [0.4, 0.5) is 0 Å². The number of morpholine rings is 1. The van der Waals surface area contributed by atoms with Gasteiger partial charge in [-0.2, -0.15) is 0 Å². The molecule has 11 heteroatoms. The first-order chi connectivity index (χ1) is 16.0. The van der Waals surface area contributed by atoms with E-state index in [1.54, 1.807) is 12.1 Å². The molecule has 9 nitrogen and oxygen atoms in total. The van der Waals surface area contributed by atoms with Gasteiger partial charge in [-0.1, -0.05) is 12.1 Å². The Kier molecular flexibility index (Phi) is 6.67. The lowest BCUT2D eigenvalue weighted by atomic mass is 9.95. The summed E-state index contributed by atoms with van der Waals surface area (Å²) in [5, 5.41) is 30.7. The maximum absolute atomic E-state index is 13.1. The molecule has 0 saturated carbocycles. The number of esters is 1. The molecule has 182 valence electrons. The Hall–Kier alpha value is -2.57. The Balaban J connectivity index is 0.000000297. The van der Waals surface area contributed by atoms with Gasteiger partial charge in [0.2, 0.25) is 5.60 Å². The molecule has 0 aromatic carbocycles. The van der Waals surface area contributed by atoms with Crippen molar-refractivity contribution in [3.8, 4) is 0 Å². The molecule has 3 aliphatic rings. The summed E-state index contributed by atoms with van der Waals surface area (Å²) in [6.07, 6.45) is 3.17. The van der Waals surface area contributed by atoms with Gasteiger partial charge in [-0.05, 0) is 22.9 Å². The van der Waals surface area contributed by atoms with Crippen LogP contribution in [0.25, 0.3) is 0 Å². The van der Waals surface area contributed by atoms with Crippen LogP contribution in [0, 0.1) is 0 Å². The molecule has 3 N–H and O–H groups in total. The predicted octanol–water partition coefficient (Wildman–Crippen LogP) is 2.06. The number of carboxylic acid groups (broad SMARTS) is 2. The SMILES string of the molecule is C[N+]1(C)[C@H]2CC(OC(=O)C(O)(c3cccs3)c3cccs3)C[C@H]1[C@H]1O[C@H]12.O=C(O)/C=C\C(=O)O. The number of fused-ring (bicyclic) bond motifs is 5. The Morgan fingerprint density at radius 2 is 1.47 bits per heavy atom. The number of epoxide rings is 1. The van der Waals surface area contributed by atoms with Crippen molar-refractivity contribution >= 4 is 40.6 Å². The highest BCUT2D eigenvalue weighted by atomic mass is 32.1. The number of hydrogen-bond acceptors (Lipinski definition) is 8. The van der Waals surface area contributed by atoms with Crippen LogP contribution in [0.3, 0.4) is 0 Å². The summed E-state index contributed by atoms with van der Waals surface area (Å²) in [6, 6.07) is 8.01. The van der Waals surface area contributed by atoms with Crippen LogP contribution in [-0.4, -0.2) is 82.2 Å². The van der Waals surface area contributed by atoms with Crippen molar-refractivity contribution in [3.63, 3.8) is 0 Å².